The van der Waals surface area contributed by atoms with Crippen LogP contribution < -0.4 is 15.8 Å². The SMILES string of the molecule is CCOc1ccc(CCCNCCOCCO)cc1N. The summed E-state index contributed by atoms with van der Waals surface area (Å²) < 4.78 is 10.6. The van der Waals surface area contributed by atoms with Crippen LogP contribution >= 0.6 is 0 Å². The van der Waals surface area contributed by atoms with Crippen molar-refractivity contribution in [2.45, 2.75) is 19.8 Å². The minimum atomic E-state index is 0.0825. The van der Waals surface area contributed by atoms with Crippen LogP contribution in [-0.2, 0) is 11.2 Å². The molecule has 1 rings (SSSR count). The molecule has 0 amide bonds. The van der Waals surface area contributed by atoms with E-state index in [0.29, 0.717) is 25.5 Å². The summed E-state index contributed by atoms with van der Waals surface area (Å²) in [5.41, 5.74) is 7.86. The molecule has 0 aromatic heterocycles. The molecule has 0 spiro atoms. The van der Waals surface area contributed by atoms with Crippen LogP contribution in [0.4, 0.5) is 5.69 Å². The Hall–Kier alpha value is -1.30. The molecule has 1 aromatic carbocycles. The highest BCUT2D eigenvalue weighted by molar-refractivity contribution is 5.54. The standard InChI is InChI=1S/C15H26N2O3/c1-2-20-15-6-5-13(12-14(15)16)4-3-7-17-8-10-19-11-9-18/h5-6,12,17-18H,2-4,7-11,16H2,1H3. The van der Waals surface area contributed by atoms with Crippen LogP contribution in [0.25, 0.3) is 0 Å². The van der Waals surface area contributed by atoms with E-state index in [1.165, 1.54) is 5.56 Å². The van der Waals surface area contributed by atoms with E-state index < -0.39 is 0 Å². The van der Waals surface area contributed by atoms with Crippen LogP contribution in [0, 0.1) is 0 Å². The van der Waals surface area contributed by atoms with Gasteiger partial charge in [-0.2, -0.15) is 0 Å². The highest BCUT2D eigenvalue weighted by Gasteiger charge is 2.01. The summed E-state index contributed by atoms with van der Waals surface area (Å²) in [7, 11) is 0. The fraction of sp³-hybridized carbons (Fsp3) is 0.600. The summed E-state index contributed by atoms with van der Waals surface area (Å²) in [6.07, 6.45) is 2.04. The first kappa shape index (κ1) is 16.8. The molecule has 20 heavy (non-hydrogen) atoms. The predicted molar refractivity (Wildman–Crippen MR) is 81.1 cm³/mol. The molecule has 5 nitrogen and oxygen atoms in total. The molecule has 0 bridgehead atoms. The van der Waals surface area contributed by atoms with Crippen molar-refractivity contribution in [2.24, 2.45) is 0 Å². The Balaban J connectivity index is 2.14. The van der Waals surface area contributed by atoms with Gasteiger partial charge in [0.2, 0.25) is 0 Å². The third-order valence-corrected chi connectivity index (χ3v) is 2.85. The van der Waals surface area contributed by atoms with Gasteiger partial charge in [-0.3, -0.25) is 0 Å². The fourth-order valence-electron chi connectivity index (χ4n) is 1.89. The number of anilines is 1. The van der Waals surface area contributed by atoms with Crippen LogP contribution in [0.2, 0.25) is 0 Å². The second-order valence-corrected chi connectivity index (χ2v) is 4.49. The van der Waals surface area contributed by atoms with E-state index in [9.17, 15) is 0 Å². The Morgan fingerprint density at radius 2 is 2.10 bits per heavy atom. The molecular formula is C15H26N2O3. The molecule has 4 N–H and O–H groups in total. The molecule has 0 atom stereocenters. The van der Waals surface area contributed by atoms with Crippen molar-refractivity contribution in [2.75, 3.05) is 45.3 Å². The first-order chi connectivity index (χ1) is 9.77. The summed E-state index contributed by atoms with van der Waals surface area (Å²) in [6, 6.07) is 5.98. The summed E-state index contributed by atoms with van der Waals surface area (Å²) in [4.78, 5) is 0. The maximum absolute atomic E-state index is 8.54. The van der Waals surface area contributed by atoms with Crippen molar-refractivity contribution in [3.63, 3.8) is 0 Å². The second kappa shape index (κ2) is 10.5. The molecule has 1 aromatic rings. The van der Waals surface area contributed by atoms with Crippen LogP contribution in [0.15, 0.2) is 18.2 Å². The monoisotopic (exact) mass is 282 g/mol. The van der Waals surface area contributed by atoms with Crippen molar-refractivity contribution in [1.82, 2.24) is 5.32 Å². The number of benzene rings is 1. The summed E-state index contributed by atoms with van der Waals surface area (Å²) >= 11 is 0. The largest absolute Gasteiger partial charge is 0.492 e. The average Bonchev–Trinajstić information content (AvgIpc) is 2.45. The van der Waals surface area contributed by atoms with Gasteiger partial charge in [-0.1, -0.05) is 6.07 Å². The lowest BCUT2D eigenvalue weighted by Crippen LogP contribution is -2.21. The zero-order valence-corrected chi connectivity index (χ0v) is 12.2. The number of aliphatic hydroxyl groups is 1. The number of nitrogens with one attached hydrogen (secondary N) is 1. The smallest absolute Gasteiger partial charge is 0.142 e. The molecule has 0 aliphatic rings. The first-order valence-corrected chi connectivity index (χ1v) is 7.18. The predicted octanol–water partition coefficient (Wildman–Crippen LogP) is 1.20. The minimum absolute atomic E-state index is 0.0825. The van der Waals surface area contributed by atoms with Crippen molar-refractivity contribution < 1.29 is 14.6 Å². The maximum atomic E-state index is 8.54. The van der Waals surface area contributed by atoms with Gasteiger partial charge >= 0.3 is 0 Å². The van der Waals surface area contributed by atoms with Gasteiger partial charge < -0.3 is 25.6 Å². The van der Waals surface area contributed by atoms with E-state index in [1.807, 2.05) is 19.1 Å². The number of hydrogen-bond acceptors (Lipinski definition) is 5. The molecule has 0 saturated heterocycles. The Morgan fingerprint density at radius 1 is 1.25 bits per heavy atom. The van der Waals surface area contributed by atoms with Gasteiger partial charge in [0.15, 0.2) is 0 Å². The highest BCUT2D eigenvalue weighted by atomic mass is 16.5. The number of rotatable bonds is 11. The van der Waals surface area contributed by atoms with Crippen LogP contribution in [-0.4, -0.2) is 44.6 Å². The number of aliphatic hydroxyl groups excluding tert-OH is 1. The Morgan fingerprint density at radius 3 is 2.80 bits per heavy atom. The normalized spacial score (nSPS) is 10.7. The third kappa shape index (κ3) is 6.75. The van der Waals surface area contributed by atoms with Crippen LogP contribution in [0.1, 0.15) is 18.9 Å². The molecule has 0 radical (unpaired) electrons. The first-order valence-electron chi connectivity index (χ1n) is 7.18. The summed E-state index contributed by atoms with van der Waals surface area (Å²) in [5, 5.41) is 11.8. The Bertz CT molecular complexity index is 372. The lowest BCUT2D eigenvalue weighted by Gasteiger charge is -2.09. The number of aryl methyl sites for hydroxylation is 1. The van der Waals surface area contributed by atoms with Gasteiger partial charge in [-0.15, -0.1) is 0 Å². The molecule has 5 heteroatoms. The topological polar surface area (TPSA) is 76.7 Å². The Labute approximate surface area is 121 Å². The summed E-state index contributed by atoms with van der Waals surface area (Å²) in [5.74, 6) is 0.760. The Kier molecular flexibility index (Phi) is 8.78. The maximum Gasteiger partial charge on any atom is 0.142 e. The quantitative estimate of drug-likeness (QED) is 0.420. The molecule has 0 heterocycles. The zero-order chi connectivity index (χ0) is 14.6. The minimum Gasteiger partial charge on any atom is -0.492 e. The number of nitrogen functional groups attached to an aromatic ring is 1. The lowest BCUT2D eigenvalue weighted by atomic mass is 10.1. The summed E-state index contributed by atoms with van der Waals surface area (Å²) in [6.45, 7) is 5.46. The van der Waals surface area contributed by atoms with E-state index in [1.54, 1.807) is 0 Å². The van der Waals surface area contributed by atoms with E-state index in [-0.39, 0.29) is 6.61 Å². The van der Waals surface area contributed by atoms with Gasteiger partial charge in [0, 0.05) is 6.54 Å². The van der Waals surface area contributed by atoms with E-state index in [2.05, 4.69) is 11.4 Å². The van der Waals surface area contributed by atoms with Crippen molar-refractivity contribution in [3.05, 3.63) is 23.8 Å². The zero-order valence-electron chi connectivity index (χ0n) is 12.2. The number of hydrogen-bond donors (Lipinski definition) is 3. The molecule has 0 unspecified atom stereocenters. The van der Waals surface area contributed by atoms with Gasteiger partial charge in [-0.05, 0) is 44.0 Å². The molecular weight excluding hydrogens is 256 g/mol. The number of nitrogens with two attached hydrogens (primary N) is 1. The fourth-order valence-corrected chi connectivity index (χ4v) is 1.89. The molecule has 0 aliphatic heterocycles. The van der Waals surface area contributed by atoms with E-state index in [0.717, 1.165) is 31.7 Å². The van der Waals surface area contributed by atoms with Crippen molar-refractivity contribution >= 4 is 5.69 Å². The molecule has 114 valence electrons. The molecule has 0 aliphatic carbocycles. The van der Waals surface area contributed by atoms with Gasteiger partial charge in [-0.25, -0.2) is 0 Å². The van der Waals surface area contributed by atoms with Gasteiger partial charge in [0.1, 0.15) is 5.75 Å². The van der Waals surface area contributed by atoms with Crippen molar-refractivity contribution in [1.29, 1.82) is 0 Å². The van der Waals surface area contributed by atoms with Crippen LogP contribution in [0.3, 0.4) is 0 Å². The van der Waals surface area contributed by atoms with Gasteiger partial charge in [0.25, 0.3) is 0 Å². The number of ether oxygens (including phenoxy) is 2. The third-order valence-electron chi connectivity index (χ3n) is 2.85. The van der Waals surface area contributed by atoms with Gasteiger partial charge in [0.05, 0.1) is 32.1 Å². The van der Waals surface area contributed by atoms with E-state index >= 15 is 0 Å². The highest BCUT2D eigenvalue weighted by Crippen LogP contribution is 2.22. The second-order valence-electron chi connectivity index (χ2n) is 4.49. The van der Waals surface area contributed by atoms with Crippen molar-refractivity contribution in [3.8, 4) is 5.75 Å². The van der Waals surface area contributed by atoms with E-state index in [4.69, 9.17) is 20.3 Å². The average molecular weight is 282 g/mol. The van der Waals surface area contributed by atoms with Crippen LogP contribution in [0.5, 0.6) is 5.75 Å². The molecule has 0 fully saturated rings. The molecule has 0 saturated carbocycles. The lowest BCUT2D eigenvalue weighted by molar-refractivity contribution is 0.0940.